The van der Waals surface area contributed by atoms with Crippen LogP contribution in [0.5, 0.6) is 0 Å². The maximum atomic E-state index is 12.2. The normalized spacial score (nSPS) is 11.6. The van der Waals surface area contributed by atoms with E-state index in [0.29, 0.717) is 11.3 Å². The first-order valence-corrected chi connectivity index (χ1v) is 6.14. The highest BCUT2D eigenvalue weighted by Crippen LogP contribution is 2.20. The predicted molar refractivity (Wildman–Crippen MR) is 72.6 cm³/mol. The van der Waals surface area contributed by atoms with Crippen LogP contribution in [0.4, 0.5) is 0 Å². The lowest BCUT2D eigenvalue weighted by Crippen LogP contribution is -2.24. The highest BCUT2D eigenvalue weighted by Gasteiger charge is 2.22. The third kappa shape index (κ3) is 2.67. The van der Waals surface area contributed by atoms with Gasteiger partial charge in [-0.2, -0.15) is 0 Å². The molecule has 0 atom stereocenters. The molecule has 4 nitrogen and oxygen atoms in total. The van der Waals surface area contributed by atoms with Gasteiger partial charge in [-0.15, -0.1) is 0 Å². The van der Waals surface area contributed by atoms with Crippen LogP contribution in [-0.4, -0.2) is 21.8 Å². The lowest BCUT2D eigenvalue weighted by atomic mass is 10.2. The summed E-state index contributed by atoms with van der Waals surface area (Å²) in [6.07, 6.45) is 1.75. The second-order valence-electron chi connectivity index (χ2n) is 5.46. The van der Waals surface area contributed by atoms with Gasteiger partial charge in [-0.05, 0) is 45.9 Å². The number of rotatable bonds is 2. The van der Waals surface area contributed by atoms with Gasteiger partial charge >= 0.3 is 5.97 Å². The van der Waals surface area contributed by atoms with E-state index in [9.17, 15) is 9.59 Å². The molecule has 0 N–H and O–H groups in total. The second kappa shape index (κ2) is 4.53. The van der Waals surface area contributed by atoms with Crippen LogP contribution in [0.25, 0.3) is 5.52 Å². The zero-order valence-electron chi connectivity index (χ0n) is 11.6. The van der Waals surface area contributed by atoms with Gasteiger partial charge in [0.1, 0.15) is 11.3 Å². The number of carbonyl (C=O) groups excluding carboxylic acids is 2. The second-order valence-corrected chi connectivity index (χ2v) is 5.46. The van der Waals surface area contributed by atoms with Gasteiger partial charge in [-0.25, -0.2) is 4.79 Å². The largest absolute Gasteiger partial charge is 0.455 e. The number of ether oxygens (including phenoxy) is 1. The summed E-state index contributed by atoms with van der Waals surface area (Å²) in [5.74, 6) is -0.500. The van der Waals surface area contributed by atoms with E-state index in [0.717, 1.165) is 5.52 Å². The molecule has 0 saturated heterocycles. The minimum absolute atomic E-state index is 0.0708. The third-order valence-electron chi connectivity index (χ3n) is 2.66. The van der Waals surface area contributed by atoms with Crippen molar-refractivity contribution in [3.63, 3.8) is 0 Å². The number of fused-ring (bicyclic) bond motifs is 1. The Hall–Kier alpha value is -2.10. The molecule has 100 valence electrons. The van der Waals surface area contributed by atoms with Gasteiger partial charge in [0.25, 0.3) is 0 Å². The Morgan fingerprint density at radius 2 is 1.89 bits per heavy atom. The van der Waals surface area contributed by atoms with Gasteiger partial charge in [0, 0.05) is 11.8 Å². The number of hydrogen-bond acceptors (Lipinski definition) is 3. The molecule has 0 unspecified atom stereocenters. The molecule has 0 radical (unpaired) electrons. The Morgan fingerprint density at radius 1 is 1.21 bits per heavy atom. The molecule has 2 aromatic heterocycles. The smallest absolute Gasteiger partial charge is 0.355 e. The summed E-state index contributed by atoms with van der Waals surface area (Å²) < 4.78 is 7.04. The molecule has 2 aromatic rings. The van der Waals surface area contributed by atoms with Crippen molar-refractivity contribution in [1.82, 2.24) is 4.40 Å². The SMILES string of the molecule is CC(=O)c1cc(C(=O)OC(C)(C)C)n2ccccc12. The van der Waals surface area contributed by atoms with Crippen molar-refractivity contribution >= 4 is 17.3 Å². The molecule has 0 aromatic carbocycles. The third-order valence-corrected chi connectivity index (χ3v) is 2.66. The average Bonchev–Trinajstić information content (AvgIpc) is 2.66. The van der Waals surface area contributed by atoms with E-state index < -0.39 is 11.6 Å². The monoisotopic (exact) mass is 259 g/mol. The van der Waals surface area contributed by atoms with Gasteiger partial charge in [0.2, 0.25) is 0 Å². The minimum Gasteiger partial charge on any atom is -0.455 e. The summed E-state index contributed by atoms with van der Waals surface area (Å²) in [5.41, 5.74) is 1.06. The average molecular weight is 259 g/mol. The molecule has 0 bridgehead atoms. The molecule has 0 saturated carbocycles. The number of esters is 1. The summed E-state index contributed by atoms with van der Waals surface area (Å²) >= 11 is 0. The van der Waals surface area contributed by atoms with E-state index in [1.54, 1.807) is 16.7 Å². The molecule has 0 aliphatic heterocycles. The molecular weight excluding hydrogens is 242 g/mol. The Morgan fingerprint density at radius 3 is 2.47 bits per heavy atom. The first-order chi connectivity index (χ1) is 8.79. The molecule has 0 aliphatic carbocycles. The zero-order chi connectivity index (χ0) is 14.2. The first kappa shape index (κ1) is 13.3. The van der Waals surface area contributed by atoms with Gasteiger partial charge in [-0.1, -0.05) is 6.07 Å². The number of Topliss-reactive ketones (excluding diaryl/α,β-unsaturated/α-hetero) is 1. The molecule has 2 rings (SSSR count). The Bertz CT molecular complexity index is 647. The summed E-state index contributed by atoms with van der Waals surface area (Å²) in [6.45, 7) is 6.92. The highest BCUT2D eigenvalue weighted by atomic mass is 16.6. The van der Waals surface area contributed by atoms with Crippen LogP contribution < -0.4 is 0 Å². The highest BCUT2D eigenvalue weighted by molar-refractivity contribution is 6.04. The quantitative estimate of drug-likeness (QED) is 0.615. The van der Waals surface area contributed by atoms with E-state index >= 15 is 0 Å². The Labute approximate surface area is 112 Å². The van der Waals surface area contributed by atoms with Crippen molar-refractivity contribution in [2.45, 2.75) is 33.3 Å². The lowest BCUT2D eigenvalue weighted by Gasteiger charge is -2.19. The van der Waals surface area contributed by atoms with Crippen molar-refractivity contribution in [3.8, 4) is 0 Å². The standard InChI is InChI=1S/C15H17NO3/c1-10(17)11-9-13(14(18)19-15(2,3)4)16-8-6-5-7-12(11)16/h5-9H,1-4H3. The van der Waals surface area contributed by atoms with Crippen LogP contribution in [-0.2, 0) is 4.74 Å². The number of aromatic nitrogens is 1. The van der Waals surface area contributed by atoms with Crippen LogP contribution in [0.1, 0.15) is 48.5 Å². The van der Waals surface area contributed by atoms with E-state index in [1.165, 1.54) is 6.92 Å². The van der Waals surface area contributed by atoms with Crippen molar-refractivity contribution < 1.29 is 14.3 Å². The van der Waals surface area contributed by atoms with Gasteiger partial charge in [0.05, 0.1) is 5.52 Å². The number of ketones is 1. The number of hydrogen-bond donors (Lipinski definition) is 0. The Balaban J connectivity index is 2.55. The van der Waals surface area contributed by atoms with Crippen molar-refractivity contribution in [2.24, 2.45) is 0 Å². The fourth-order valence-electron chi connectivity index (χ4n) is 1.92. The molecular formula is C15H17NO3. The van der Waals surface area contributed by atoms with E-state index in [1.807, 2.05) is 39.0 Å². The number of pyridine rings is 1. The molecule has 4 heteroatoms. The summed E-state index contributed by atoms with van der Waals surface area (Å²) in [7, 11) is 0. The fraction of sp³-hybridized carbons (Fsp3) is 0.333. The maximum Gasteiger partial charge on any atom is 0.355 e. The summed E-state index contributed by atoms with van der Waals surface area (Å²) in [4.78, 5) is 23.8. The van der Waals surface area contributed by atoms with Gasteiger partial charge < -0.3 is 9.14 Å². The predicted octanol–water partition coefficient (Wildman–Crippen LogP) is 3.10. The maximum absolute atomic E-state index is 12.2. The first-order valence-electron chi connectivity index (χ1n) is 6.14. The lowest BCUT2D eigenvalue weighted by molar-refractivity contribution is 0.00618. The van der Waals surface area contributed by atoms with Crippen LogP contribution in [0, 0.1) is 0 Å². The summed E-state index contributed by atoms with van der Waals surface area (Å²) in [6, 6.07) is 7.04. The minimum atomic E-state index is -0.563. The molecule has 0 fully saturated rings. The van der Waals surface area contributed by atoms with Crippen molar-refractivity contribution in [2.75, 3.05) is 0 Å². The fourth-order valence-corrected chi connectivity index (χ4v) is 1.92. The Kier molecular flexibility index (Phi) is 3.18. The molecule has 19 heavy (non-hydrogen) atoms. The van der Waals surface area contributed by atoms with Crippen LogP contribution in [0.15, 0.2) is 30.5 Å². The van der Waals surface area contributed by atoms with E-state index in [-0.39, 0.29) is 5.78 Å². The van der Waals surface area contributed by atoms with Crippen LogP contribution in [0.3, 0.4) is 0 Å². The van der Waals surface area contributed by atoms with E-state index in [2.05, 4.69) is 0 Å². The van der Waals surface area contributed by atoms with Crippen molar-refractivity contribution in [3.05, 3.63) is 41.7 Å². The van der Waals surface area contributed by atoms with Crippen LogP contribution in [0.2, 0.25) is 0 Å². The van der Waals surface area contributed by atoms with Gasteiger partial charge in [0.15, 0.2) is 5.78 Å². The topological polar surface area (TPSA) is 47.8 Å². The molecule has 0 aliphatic rings. The van der Waals surface area contributed by atoms with Gasteiger partial charge in [-0.3, -0.25) is 4.79 Å². The van der Waals surface area contributed by atoms with Crippen molar-refractivity contribution in [1.29, 1.82) is 0 Å². The number of carbonyl (C=O) groups is 2. The molecule has 0 spiro atoms. The zero-order valence-corrected chi connectivity index (χ0v) is 11.6. The summed E-state index contributed by atoms with van der Waals surface area (Å²) in [5, 5.41) is 0. The number of nitrogens with zero attached hydrogens (tertiary/aromatic N) is 1. The van der Waals surface area contributed by atoms with E-state index in [4.69, 9.17) is 4.74 Å². The molecule has 2 heterocycles. The van der Waals surface area contributed by atoms with Crippen LogP contribution >= 0.6 is 0 Å². The molecule has 0 amide bonds.